The molecule has 2 unspecified atom stereocenters. The van der Waals surface area contributed by atoms with Crippen molar-refractivity contribution in [1.82, 2.24) is 15.8 Å². The minimum atomic E-state index is -0.166. The number of halogens is 1. The molecular formula is C27H31FN4O2. The summed E-state index contributed by atoms with van der Waals surface area (Å²) in [7, 11) is 0. The van der Waals surface area contributed by atoms with Crippen LogP contribution in [0, 0.1) is 5.82 Å². The summed E-state index contributed by atoms with van der Waals surface area (Å²) >= 11 is 0. The minimum absolute atomic E-state index is 0.0119. The molecule has 2 aliphatic heterocycles. The van der Waals surface area contributed by atoms with Gasteiger partial charge in [0.15, 0.2) is 0 Å². The molecule has 0 bridgehead atoms. The van der Waals surface area contributed by atoms with Crippen LogP contribution in [0.15, 0.2) is 72.8 Å². The normalized spacial score (nSPS) is 21.0. The molecule has 0 aliphatic carbocycles. The molecule has 3 aromatic rings. The number of para-hydroxylation sites is 1. The van der Waals surface area contributed by atoms with Crippen molar-refractivity contribution in [2.45, 2.75) is 12.0 Å². The number of phenolic OH excluding ortho intramolecular Hbond substituents is 1. The maximum atomic E-state index is 14.0. The Morgan fingerprint density at radius 3 is 2.47 bits per heavy atom. The van der Waals surface area contributed by atoms with E-state index in [4.69, 9.17) is 4.74 Å². The van der Waals surface area contributed by atoms with Crippen LogP contribution in [0.25, 0.3) is 0 Å². The Morgan fingerprint density at radius 1 is 0.941 bits per heavy atom. The number of aromatic hydroxyl groups is 1. The maximum absolute atomic E-state index is 14.0. The van der Waals surface area contributed by atoms with Crippen LogP contribution in [0.1, 0.15) is 23.1 Å². The van der Waals surface area contributed by atoms with Gasteiger partial charge >= 0.3 is 0 Å². The Kier molecular flexibility index (Phi) is 6.94. The van der Waals surface area contributed by atoms with E-state index in [1.54, 1.807) is 12.1 Å². The highest BCUT2D eigenvalue weighted by Gasteiger charge is 2.31. The first-order valence-electron chi connectivity index (χ1n) is 11.9. The van der Waals surface area contributed by atoms with Gasteiger partial charge in [-0.15, -0.1) is 0 Å². The van der Waals surface area contributed by atoms with Gasteiger partial charge in [-0.05, 0) is 23.8 Å². The summed E-state index contributed by atoms with van der Waals surface area (Å²) in [6.07, 6.45) is 0. The van der Waals surface area contributed by atoms with E-state index in [9.17, 15) is 9.50 Å². The van der Waals surface area contributed by atoms with Crippen molar-refractivity contribution in [1.29, 1.82) is 0 Å². The van der Waals surface area contributed by atoms with Crippen LogP contribution in [0.3, 0.4) is 0 Å². The first-order chi connectivity index (χ1) is 16.7. The first kappa shape index (κ1) is 22.7. The van der Waals surface area contributed by atoms with E-state index in [0.29, 0.717) is 18.0 Å². The molecule has 0 saturated carbocycles. The van der Waals surface area contributed by atoms with Crippen LogP contribution in [0.2, 0.25) is 0 Å². The number of phenols is 1. The monoisotopic (exact) mass is 462 g/mol. The van der Waals surface area contributed by atoms with Crippen LogP contribution in [-0.4, -0.2) is 55.9 Å². The molecule has 0 spiro atoms. The second-order valence-corrected chi connectivity index (χ2v) is 8.87. The predicted molar refractivity (Wildman–Crippen MR) is 132 cm³/mol. The van der Waals surface area contributed by atoms with Crippen LogP contribution >= 0.6 is 0 Å². The number of hydrogen-bond donors (Lipinski definition) is 3. The number of anilines is 1. The Balaban J connectivity index is 1.13. The van der Waals surface area contributed by atoms with E-state index < -0.39 is 0 Å². The summed E-state index contributed by atoms with van der Waals surface area (Å²) < 4.78 is 20.0. The number of hydrogen-bond acceptors (Lipinski definition) is 6. The molecule has 3 aromatic carbocycles. The lowest BCUT2D eigenvalue weighted by Gasteiger charge is -2.36. The zero-order valence-electron chi connectivity index (χ0n) is 19.2. The van der Waals surface area contributed by atoms with Crippen molar-refractivity contribution in [3.63, 3.8) is 0 Å². The highest BCUT2D eigenvalue weighted by Crippen LogP contribution is 2.38. The third-order valence-corrected chi connectivity index (χ3v) is 6.79. The van der Waals surface area contributed by atoms with E-state index in [-0.39, 0.29) is 23.5 Å². The lowest BCUT2D eigenvalue weighted by Crippen LogP contribution is -2.47. The average Bonchev–Trinajstić information content (AvgIpc) is 3.35. The van der Waals surface area contributed by atoms with E-state index in [1.165, 1.54) is 11.6 Å². The fraction of sp³-hybridized carbons (Fsp3) is 0.333. The standard InChI is InChI=1S/C27H31FN4O2/c28-24-8-4-5-9-25(24)32-14-12-31(13-15-32)16-17-34-21-10-11-22(26(33)18-21)27-23(19-29-30-27)20-6-2-1-3-7-20/h1-11,18,23,27,29-30,33H,12-17,19H2. The molecule has 7 heteroatoms. The van der Waals surface area contributed by atoms with Gasteiger partial charge in [0.2, 0.25) is 0 Å². The smallest absolute Gasteiger partial charge is 0.146 e. The van der Waals surface area contributed by atoms with Crippen LogP contribution in [0.4, 0.5) is 10.1 Å². The predicted octanol–water partition coefficient (Wildman–Crippen LogP) is 3.67. The number of nitrogens with one attached hydrogen (secondary N) is 2. The van der Waals surface area contributed by atoms with Gasteiger partial charge in [-0.1, -0.05) is 48.5 Å². The first-order valence-corrected chi connectivity index (χ1v) is 11.9. The van der Waals surface area contributed by atoms with Crippen molar-refractivity contribution in [3.8, 4) is 11.5 Å². The van der Waals surface area contributed by atoms with Gasteiger partial charge in [0.25, 0.3) is 0 Å². The van der Waals surface area contributed by atoms with Gasteiger partial charge in [-0.25, -0.2) is 9.82 Å². The van der Waals surface area contributed by atoms with Crippen LogP contribution in [0.5, 0.6) is 11.5 Å². The second-order valence-electron chi connectivity index (χ2n) is 8.87. The topological polar surface area (TPSA) is 60.0 Å². The number of rotatable bonds is 7. The molecule has 34 heavy (non-hydrogen) atoms. The molecule has 6 nitrogen and oxygen atoms in total. The van der Waals surface area contributed by atoms with Crippen LogP contribution < -0.4 is 20.5 Å². The lowest BCUT2D eigenvalue weighted by molar-refractivity contribution is 0.200. The van der Waals surface area contributed by atoms with Crippen molar-refractivity contribution in [2.24, 2.45) is 0 Å². The van der Waals surface area contributed by atoms with E-state index >= 15 is 0 Å². The Hall–Kier alpha value is -3.13. The summed E-state index contributed by atoms with van der Waals surface area (Å²) in [5.74, 6) is 0.967. The fourth-order valence-corrected chi connectivity index (χ4v) is 4.89. The highest BCUT2D eigenvalue weighted by molar-refractivity contribution is 5.48. The molecule has 3 N–H and O–H groups in total. The highest BCUT2D eigenvalue weighted by atomic mass is 19.1. The van der Waals surface area contributed by atoms with Crippen molar-refractivity contribution < 1.29 is 14.2 Å². The second kappa shape index (κ2) is 10.4. The number of benzene rings is 3. The molecule has 0 amide bonds. The third kappa shape index (κ3) is 5.01. The van der Waals surface area contributed by atoms with Gasteiger partial charge in [-0.2, -0.15) is 0 Å². The van der Waals surface area contributed by atoms with Crippen molar-refractivity contribution >= 4 is 5.69 Å². The summed E-state index contributed by atoms with van der Waals surface area (Å²) in [6.45, 7) is 5.44. The summed E-state index contributed by atoms with van der Waals surface area (Å²) in [4.78, 5) is 4.42. The molecular weight excluding hydrogens is 431 g/mol. The van der Waals surface area contributed by atoms with Crippen molar-refractivity contribution in [3.05, 3.63) is 89.7 Å². The summed E-state index contributed by atoms with van der Waals surface area (Å²) in [5, 5.41) is 10.7. The van der Waals surface area contributed by atoms with E-state index in [0.717, 1.165) is 44.8 Å². The quantitative estimate of drug-likeness (QED) is 0.498. The van der Waals surface area contributed by atoms with Crippen LogP contribution in [-0.2, 0) is 0 Å². The van der Waals surface area contributed by atoms with Gasteiger partial charge in [-0.3, -0.25) is 10.3 Å². The number of piperazine rings is 1. The Bertz CT molecular complexity index is 1090. The Morgan fingerprint density at radius 2 is 1.71 bits per heavy atom. The molecule has 2 atom stereocenters. The zero-order chi connectivity index (χ0) is 23.3. The molecule has 2 fully saturated rings. The average molecular weight is 463 g/mol. The van der Waals surface area contributed by atoms with E-state index in [2.05, 4.69) is 32.8 Å². The molecule has 2 heterocycles. The maximum Gasteiger partial charge on any atom is 0.146 e. The number of ether oxygens (including phenoxy) is 1. The molecule has 5 rings (SSSR count). The largest absolute Gasteiger partial charge is 0.507 e. The Labute approximate surface area is 199 Å². The summed E-state index contributed by atoms with van der Waals surface area (Å²) in [5.41, 5.74) is 9.30. The molecule has 0 aromatic heterocycles. The zero-order valence-corrected chi connectivity index (χ0v) is 19.2. The lowest BCUT2D eigenvalue weighted by atomic mass is 9.88. The third-order valence-electron chi connectivity index (χ3n) is 6.79. The molecule has 0 radical (unpaired) electrons. The van der Waals surface area contributed by atoms with Gasteiger partial charge in [0, 0.05) is 56.8 Å². The van der Waals surface area contributed by atoms with Gasteiger partial charge < -0.3 is 14.7 Å². The SMILES string of the molecule is Oc1cc(OCCN2CCN(c3ccccc3F)CC2)ccc1C1NNCC1c1ccccc1. The van der Waals surface area contributed by atoms with Crippen molar-refractivity contribution in [2.75, 3.05) is 50.8 Å². The van der Waals surface area contributed by atoms with E-state index in [1.807, 2.05) is 42.5 Å². The van der Waals surface area contributed by atoms with Gasteiger partial charge in [0.05, 0.1) is 11.7 Å². The number of nitrogens with zero attached hydrogens (tertiary/aromatic N) is 2. The van der Waals surface area contributed by atoms with Gasteiger partial charge in [0.1, 0.15) is 23.9 Å². The summed E-state index contributed by atoms with van der Waals surface area (Å²) in [6, 6.07) is 22.8. The molecule has 2 saturated heterocycles. The minimum Gasteiger partial charge on any atom is -0.507 e. The number of hydrazine groups is 1. The molecule has 178 valence electrons. The molecule has 2 aliphatic rings. The fourth-order valence-electron chi connectivity index (χ4n) is 4.89.